The molecule has 166 valence electrons. The van der Waals surface area contributed by atoms with Gasteiger partial charge in [0.05, 0.1) is 18.5 Å². The van der Waals surface area contributed by atoms with Crippen LogP contribution in [-0.2, 0) is 11.2 Å². The molecule has 10 nitrogen and oxygen atoms in total. The molecule has 2 amide bonds. The second-order valence-electron chi connectivity index (χ2n) is 8.02. The SMILES string of the molecule is CNc1cc(Nc2cccc3c2OCCC3)nc2c(C(=O)NC3CCN(C)C3=O)cnn12. The number of nitrogens with one attached hydrogen (secondary N) is 3. The molecule has 10 heteroatoms. The first kappa shape index (κ1) is 20.1. The van der Waals surface area contributed by atoms with Crippen molar-refractivity contribution in [3.8, 4) is 5.75 Å². The average molecular weight is 435 g/mol. The quantitative estimate of drug-likeness (QED) is 0.560. The van der Waals surface area contributed by atoms with E-state index in [1.165, 1.54) is 6.20 Å². The molecule has 1 unspecified atom stereocenters. The molecule has 3 N–H and O–H groups in total. The average Bonchev–Trinajstić information content (AvgIpc) is 3.37. The van der Waals surface area contributed by atoms with Crippen LogP contribution < -0.4 is 20.7 Å². The highest BCUT2D eigenvalue weighted by atomic mass is 16.5. The van der Waals surface area contributed by atoms with E-state index in [2.05, 4.69) is 32.1 Å². The number of rotatable bonds is 5. The minimum Gasteiger partial charge on any atom is -0.491 e. The van der Waals surface area contributed by atoms with Gasteiger partial charge in [-0.3, -0.25) is 9.59 Å². The molecular weight excluding hydrogens is 410 g/mol. The standard InChI is InChI=1S/C22H25N7O3/c1-23-18-11-17(25-15-7-3-5-13-6-4-10-32-19(13)15)27-20-14(12-24-29(18)20)21(30)26-16-8-9-28(2)22(16)31/h3,5,7,11-12,16,23H,4,6,8-10H2,1-2H3,(H,25,27)(H,26,30). The van der Waals surface area contributed by atoms with Gasteiger partial charge in [0.25, 0.3) is 5.91 Å². The van der Waals surface area contributed by atoms with E-state index in [0.717, 1.165) is 29.8 Å². The van der Waals surface area contributed by atoms with Crippen molar-refractivity contribution in [2.45, 2.75) is 25.3 Å². The lowest BCUT2D eigenvalue weighted by Gasteiger charge is -2.21. The van der Waals surface area contributed by atoms with Crippen molar-refractivity contribution in [3.05, 3.63) is 41.6 Å². The summed E-state index contributed by atoms with van der Waals surface area (Å²) in [5, 5.41) is 13.6. The van der Waals surface area contributed by atoms with Gasteiger partial charge in [0.1, 0.15) is 29.0 Å². The number of ether oxygens (including phenoxy) is 1. The summed E-state index contributed by atoms with van der Waals surface area (Å²) in [6, 6.07) is 7.29. The van der Waals surface area contributed by atoms with E-state index < -0.39 is 6.04 Å². The molecule has 32 heavy (non-hydrogen) atoms. The molecule has 2 aliphatic heterocycles. The van der Waals surface area contributed by atoms with Gasteiger partial charge in [-0.05, 0) is 30.9 Å². The maximum atomic E-state index is 13.0. The zero-order chi connectivity index (χ0) is 22.2. The van der Waals surface area contributed by atoms with Crippen molar-refractivity contribution in [1.29, 1.82) is 0 Å². The van der Waals surface area contributed by atoms with Gasteiger partial charge in [-0.15, -0.1) is 0 Å². The number of benzene rings is 1. The summed E-state index contributed by atoms with van der Waals surface area (Å²) in [6.45, 7) is 1.31. The number of aromatic nitrogens is 3. The molecule has 5 rings (SSSR count). The molecule has 0 aliphatic carbocycles. The van der Waals surface area contributed by atoms with Crippen molar-refractivity contribution in [2.24, 2.45) is 0 Å². The molecule has 0 spiro atoms. The molecule has 4 heterocycles. The number of nitrogens with zero attached hydrogens (tertiary/aromatic N) is 4. The lowest BCUT2D eigenvalue weighted by molar-refractivity contribution is -0.128. The van der Waals surface area contributed by atoms with Crippen LogP contribution in [0.25, 0.3) is 5.65 Å². The minimum absolute atomic E-state index is 0.0881. The van der Waals surface area contributed by atoms with E-state index in [1.54, 1.807) is 23.5 Å². The van der Waals surface area contributed by atoms with E-state index in [4.69, 9.17) is 4.74 Å². The van der Waals surface area contributed by atoms with Gasteiger partial charge in [-0.25, -0.2) is 4.98 Å². The van der Waals surface area contributed by atoms with Gasteiger partial charge in [0.15, 0.2) is 5.65 Å². The van der Waals surface area contributed by atoms with Crippen molar-refractivity contribution in [2.75, 3.05) is 37.9 Å². The van der Waals surface area contributed by atoms with Gasteiger partial charge in [0, 0.05) is 26.7 Å². The Balaban J connectivity index is 1.48. The van der Waals surface area contributed by atoms with Crippen LogP contribution >= 0.6 is 0 Å². The summed E-state index contributed by atoms with van der Waals surface area (Å²) < 4.78 is 7.46. The minimum atomic E-state index is -0.527. The number of hydrogen-bond donors (Lipinski definition) is 3. The lowest BCUT2D eigenvalue weighted by Crippen LogP contribution is -2.40. The summed E-state index contributed by atoms with van der Waals surface area (Å²) in [4.78, 5) is 31.4. The number of hydrogen-bond acceptors (Lipinski definition) is 7. The number of anilines is 3. The molecule has 2 aliphatic rings. The normalized spacial score (nSPS) is 17.8. The molecular formula is C22H25N7O3. The zero-order valence-electron chi connectivity index (χ0n) is 18.0. The number of likely N-dealkylation sites (N-methyl/N-ethyl adjacent to an activating group) is 1. The first-order valence-electron chi connectivity index (χ1n) is 10.7. The van der Waals surface area contributed by atoms with E-state index >= 15 is 0 Å². The highest BCUT2D eigenvalue weighted by Crippen LogP contribution is 2.35. The number of amides is 2. The fourth-order valence-electron chi connectivity index (χ4n) is 4.18. The lowest BCUT2D eigenvalue weighted by atomic mass is 10.1. The highest BCUT2D eigenvalue weighted by Gasteiger charge is 2.31. The molecule has 2 aromatic heterocycles. The predicted molar refractivity (Wildman–Crippen MR) is 120 cm³/mol. The molecule has 0 bridgehead atoms. The van der Waals surface area contributed by atoms with Gasteiger partial charge < -0.3 is 25.6 Å². The first-order valence-corrected chi connectivity index (χ1v) is 10.7. The fraction of sp³-hybridized carbons (Fsp3) is 0.364. The Morgan fingerprint density at radius 2 is 2.19 bits per heavy atom. The second kappa shape index (κ2) is 8.03. The summed E-state index contributed by atoms with van der Waals surface area (Å²) in [7, 11) is 3.51. The zero-order valence-corrected chi connectivity index (χ0v) is 18.0. The smallest absolute Gasteiger partial charge is 0.257 e. The number of para-hydroxylation sites is 1. The van der Waals surface area contributed by atoms with Crippen LogP contribution in [0.4, 0.5) is 17.3 Å². The molecule has 3 aromatic rings. The summed E-state index contributed by atoms with van der Waals surface area (Å²) >= 11 is 0. The Morgan fingerprint density at radius 3 is 2.97 bits per heavy atom. The molecule has 1 aromatic carbocycles. The Kier molecular flexibility index (Phi) is 5.04. The van der Waals surface area contributed by atoms with Crippen LogP contribution in [-0.4, -0.2) is 64.6 Å². The van der Waals surface area contributed by atoms with Gasteiger partial charge >= 0.3 is 0 Å². The first-order chi connectivity index (χ1) is 15.5. The van der Waals surface area contributed by atoms with Crippen molar-refractivity contribution in [3.63, 3.8) is 0 Å². The third-order valence-electron chi connectivity index (χ3n) is 5.90. The summed E-state index contributed by atoms with van der Waals surface area (Å²) in [6.07, 6.45) is 4.03. The summed E-state index contributed by atoms with van der Waals surface area (Å²) in [5.74, 6) is 1.59. The Hall–Kier alpha value is -3.82. The third kappa shape index (κ3) is 3.47. The topological polar surface area (TPSA) is 113 Å². The molecule has 1 saturated heterocycles. The molecule has 1 fully saturated rings. The van der Waals surface area contributed by atoms with Crippen LogP contribution in [0.15, 0.2) is 30.5 Å². The maximum Gasteiger partial charge on any atom is 0.257 e. The number of fused-ring (bicyclic) bond motifs is 2. The number of carbonyl (C=O) groups excluding carboxylic acids is 2. The Bertz CT molecular complexity index is 1210. The molecule has 1 atom stereocenters. The fourth-order valence-corrected chi connectivity index (χ4v) is 4.18. The summed E-state index contributed by atoms with van der Waals surface area (Å²) in [5.41, 5.74) is 2.68. The van der Waals surface area contributed by atoms with Gasteiger partial charge in [-0.1, -0.05) is 12.1 Å². The van der Waals surface area contributed by atoms with Crippen LogP contribution in [0.5, 0.6) is 5.75 Å². The predicted octanol–water partition coefficient (Wildman–Crippen LogP) is 1.80. The highest BCUT2D eigenvalue weighted by molar-refractivity contribution is 6.02. The van der Waals surface area contributed by atoms with Crippen molar-refractivity contribution in [1.82, 2.24) is 24.8 Å². The number of aryl methyl sites for hydroxylation is 1. The van der Waals surface area contributed by atoms with Crippen molar-refractivity contribution < 1.29 is 14.3 Å². The molecule has 0 saturated carbocycles. The Morgan fingerprint density at radius 1 is 1.31 bits per heavy atom. The van der Waals surface area contributed by atoms with E-state index in [0.29, 0.717) is 42.4 Å². The Labute approximate surface area is 184 Å². The number of likely N-dealkylation sites (tertiary alicyclic amines) is 1. The monoisotopic (exact) mass is 435 g/mol. The second-order valence-corrected chi connectivity index (χ2v) is 8.02. The van der Waals surface area contributed by atoms with Crippen molar-refractivity contribution >= 4 is 34.8 Å². The van der Waals surface area contributed by atoms with Gasteiger partial charge in [-0.2, -0.15) is 9.61 Å². The van der Waals surface area contributed by atoms with Crippen LogP contribution in [0, 0.1) is 0 Å². The molecule has 0 radical (unpaired) electrons. The van der Waals surface area contributed by atoms with Crippen LogP contribution in [0.1, 0.15) is 28.8 Å². The van der Waals surface area contributed by atoms with E-state index in [1.807, 2.05) is 18.2 Å². The van der Waals surface area contributed by atoms with E-state index in [9.17, 15) is 9.59 Å². The van der Waals surface area contributed by atoms with Gasteiger partial charge in [0.2, 0.25) is 5.91 Å². The van der Waals surface area contributed by atoms with E-state index in [-0.39, 0.29) is 11.8 Å². The third-order valence-corrected chi connectivity index (χ3v) is 5.90. The van der Waals surface area contributed by atoms with Crippen LogP contribution in [0.2, 0.25) is 0 Å². The largest absolute Gasteiger partial charge is 0.491 e. The number of carbonyl (C=O) groups is 2. The van der Waals surface area contributed by atoms with Crippen LogP contribution in [0.3, 0.4) is 0 Å². The maximum absolute atomic E-state index is 13.0.